The van der Waals surface area contributed by atoms with Gasteiger partial charge in [-0.1, -0.05) is 30.0 Å². The van der Waals surface area contributed by atoms with E-state index in [0.717, 1.165) is 5.75 Å². The predicted molar refractivity (Wildman–Crippen MR) is 73.4 cm³/mol. The van der Waals surface area contributed by atoms with E-state index >= 15 is 0 Å². The van der Waals surface area contributed by atoms with Crippen molar-refractivity contribution in [2.45, 2.75) is 0 Å². The molecule has 0 aliphatic carbocycles. The van der Waals surface area contributed by atoms with Crippen LogP contribution in [0.3, 0.4) is 0 Å². The topological polar surface area (TPSA) is 53.3 Å². The first-order chi connectivity index (χ1) is 9.70. The van der Waals surface area contributed by atoms with Gasteiger partial charge >= 0.3 is 5.97 Å². The molecule has 0 spiro atoms. The highest BCUT2D eigenvalue weighted by molar-refractivity contribution is 5.89. The van der Waals surface area contributed by atoms with Crippen molar-refractivity contribution in [3.05, 3.63) is 47.8 Å². The van der Waals surface area contributed by atoms with Crippen LogP contribution in [-0.2, 0) is 11.8 Å². The first-order valence-electron chi connectivity index (χ1n) is 5.99. The van der Waals surface area contributed by atoms with Gasteiger partial charge in [0, 0.05) is 13.2 Å². The molecular weight excluding hydrogens is 256 g/mol. The van der Waals surface area contributed by atoms with Gasteiger partial charge in [-0.25, -0.2) is 4.79 Å². The fourth-order valence-electron chi connectivity index (χ4n) is 1.59. The highest BCUT2D eigenvalue weighted by Gasteiger charge is 2.14. The van der Waals surface area contributed by atoms with Crippen LogP contribution in [0.1, 0.15) is 16.1 Å². The zero-order valence-electron chi connectivity index (χ0n) is 11.3. The maximum absolute atomic E-state index is 11.5. The van der Waals surface area contributed by atoms with Crippen LogP contribution in [0, 0.1) is 11.8 Å². The lowest BCUT2D eigenvalue weighted by Gasteiger charge is -1.99. The van der Waals surface area contributed by atoms with E-state index in [9.17, 15) is 4.79 Å². The Balaban J connectivity index is 2.04. The zero-order valence-corrected chi connectivity index (χ0v) is 11.3. The molecule has 0 atom stereocenters. The molecule has 0 aliphatic rings. The van der Waals surface area contributed by atoms with E-state index in [1.165, 1.54) is 11.8 Å². The molecule has 0 saturated carbocycles. The van der Waals surface area contributed by atoms with Gasteiger partial charge in [-0.2, -0.15) is 5.10 Å². The average molecular weight is 270 g/mol. The third kappa shape index (κ3) is 3.39. The molecule has 2 rings (SSSR count). The Morgan fingerprint density at radius 3 is 2.80 bits per heavy atom. The standard InChI is InChI=1S/C15H14N2O3/c1-17-11-12(14(16-17)15(18)19-2)7-6-10-20-13-8-4-3-5-9-13/h3-5,8-9,11H,10H2,1-2H3. The van der Waals surface area contributed by atoms with Gasteiger partial charge in [0.2, 0.25) is 0 Å². The maximum atomic E-state index is 11.5. The quantitative estimate of drug-likeness (QED) is 0.628. The normalized spacial score (nSPS) is 9.50. The number of hydrogen-bond acceptors (Lipinski definition) is 4. The van der Waals surface area contributed by atoms with Crippen LogP contribution in [0.2, 0.25) is 0 Å². The van der Waals surface area contributed by atoms with Gasteiger partial charge in [0.05, 0.1) is 12.7 Å². The van der Waals surface area contributed by atoms with Gasteiger partial charge in [-0.15, -0.1) is 0 Å². The third-order valence-corrected chi connectivity index (χ3v) is 2.48. The number of rotatable bonds is 3. The van der Waals surface area contributed by atoms with Crippen molar-refractivity contribution in [2.75, 3.05) is 13.7 Å². The van der Waals surface area contributed by atoms with Crippen LogP contribution in [0.15, 0.2) is 36.5 Å². The van der Waals surface area contributed by atoms with E-state index in [-0.39, 0.29) is 12.3 Å². The largest absolute Gasteiger partial charge is 0.481 e. The second-order valence-electron chi connectivity index (χ2n) is 3.96. The molecule has 2 aromatic rings. The lowest BCUT2D eigenvalue weighted by atomic mass is 10.2. The second kappa shape index (κ2) is 6.43. The first-order valence-corrected chi connectivity index (χ1v) is 5.99. The van der Waals surface area contributed by atoms with Crippen molar-refractivity contribution in [3.8, 4) is 17.6 Å². The molecule has 0 amide bonds. The monoisotopic (exact) mass is 270 g/mol. The van der Waals surface area contributed by atoms with Gasteiger partial charge in [-0.05, 0) is 12.1 Å². The highest BCUT2D eigenvalue weighted by Crippen LogP contribution is 2.08. The van der Waals surface area contributed by atoms with E-state index in [1.54, 1.807) is 13.2 Å². The van der Waals surface area contributed by atoms with Crippen LogP contribution in [-0.4, -0.2) is 29.5 Å². The molecule has 0 bridgehead atoms. The summed E-state index contributed by atoms with van der Waals surface area (Å²) in [6.45, 7) is 0.236. The number of esters is 1. The van der Waals surface area contributed by atoms with Gasteiger partial charge in [-0.3, -0.25) is 4.68 Å². The SMILES string of the molecule is COC(=O)c1nn(C)cc1C#CCOc1ccccc1. The minimum Gasteiger partial charge on any atom is -0.481 e. The molecule has 0 radical (unpaired) electrons. The van der Waals surface area contributed by atoms with Crippen LogP contribution in [0.4, 0.5) is 0 Å². The van der Waals surface area contributed by atoms with E-state index < -0.39 is 5.97 Å². The molecule has 0 unspecified atom stereocenters. The average Bonchev–Trinajstić information content (AvgIpc) is 2.85. The summed E-state index contributed by atoms with van der Waals surface area (Å²) in [7, 11) is 3.03. The molecule has 20 heavy (non-hydrogen) atoms. The Kier molecular flexibility index (Phi) is 4.40. The summed E-state index contributed by atoms with van der Waals surface area (Å²) in [4.78, 5) is 11.5. The fraction of sp³-hybridized carbons (Fsp3) is 0.200. The molecule has 0 aliphatic heterocycles. The minimum absolute atomic E-state index is 0.210. The fourth-order valence-corrected chi connectivity index (χ4v) is 1.59. The van der Waals surface area contributed by atoms with Crippen molar-refractivity contribution < 1.29 is 14.3 Å². The lowest BCUT2D eigenvalue weighted by molar-refractivity contribution is 0.0593. The summed E-state index contributed by atoms with van der Waals surface area (Å²) in [6.07, 6.45) is 1.67. The number of ether oxygens (including phenoxy) is 2. The number of para-hydroxylation sites is 1. The minimum atomic E-state index is -0.501. The molecule has 0 saturated heterocycles. The van der Waals surface area contributed by atoms with Crippen LogP contribution >= 0.6 is 0 Å². The summed E-state index contributed by atoms with van der Waals surface area (Å²) in [5, 5.41) is 4.02. The van der Waals surface area contributed by atoms with Gasteiger partial charge in [0.25, 0.3) is 0 Å². The molecule has 1 aromatic carbocycles. The van der Waals surface area contributed by atoms with E-state index in [1.807, 2.05) is 30.3 Å². The van der Waals surface area contributed by atoms with Crippen LogP contribution in [0.25, 0.3) is 0 Å². The van der Waals surface area contributed by atoms with E-state index in [0.29, 0.717) is 5.56 Å². The number of carbonyl (C=O) groups is 1. The van der Waals surface area contributed by atoms with Crippen molar-refractivity contribution in [1.29, 1.82) is 0 Å². The van der Waals surface area contributed by atoms with E-state index in [2.05, 4.69) is 21.7 Å². The second-order valence-corrected chi connectivity index (χ2v) is 3.96. The van der Waals surface area contributed by atoms with Crippen molar-refractivity contribution in [3.63, 3.8) is 0 Å². The number of hydrogen-bond donors (Lipinski definition) is 0. The third-order valence-electron chi connectivity index (χ3n) is 2.48. The highest BCUT2D eigenvalue weighted by atomic mass is 16.5. The van der Waals surface area contributed by atoms with Gasteiger partial charge in [0.1, 0.15) is 12.4 Å². The number of nitrogens with zero attached hydrogens (tertiary/aromatic N) is 2. The van der Waals surface area contributed by atoms with Crippen molar-refractivity contribution in [1.82, 2.24) is 9.78 Å². The molecule has 5 heteroatoms. The molecular formula is C15H14N2O3. The molecule has 1 aromatic heterocycles. The Hall–Kier alpha value is -2.74. The van der Waals surface area contributed by atoms with Crippen molar-refractivity contribution in [2.24, 2.45) is 7.05 Å². The first kappa shape index (κ1) is 13.7. The number of carbonyl (C=O) groups excluding carboxylic acids is 1. The zero-order chi connectivity index (χ0) is 14.4. The Morgan fingerprint density at radius 1 is 1.35 bits per heavy atom. The molecule has 1 heterocycles. The summed E-state index contributed by atoms with van der Waals surface area (Å²) < 4.78 is 11.6. The van der Waals surface area contributed by atoms with Gasteiger partial charge < -0.3 is 9.47 Å². The van der Waals surface area contributed by atoms with Gasteiger partial charge in [0.15, 0.2) is 5.69 Å². The number of aromatic nitrogens is 2. The Bertz CT molecular complexity index is 651. The lowest BCUT2D eigenvalue weighted by Crippen LogP contribution is -2.05. The van der Waals surface area contributed by atoms with Crippen molar-refractivity contribution >= 4 is 5.97 Å². The number of benzene rings is 1. The molecule has 0 N–H and O–H groups in total. The summed E-state index contributed by atoms with van der Waals surface area (Å²) in [5.41, 5.74) is 0.734. The molecule has 0 fully saturated rings. The Morgan fingerprint density at radius 2 is 2.10 bits per heavy atom. The summed E-state index contributed by atoms with van der Waals surface area (Å²) in [6, 6.07) is 9.40. The predicted octanol–water partition coefficient (Wildman–Crippen LogP) is 1.64. The molecule has 5 nitrogen and oxygen atoms in total. The van der Waals surface area contributed by atoms with Crippen LogP contribution < -0.4 is 4.74 Å². The maximum Gasteiger partial charge on any atom is 0.359 e. The van der Waals surface area contributed by atoms with Crippen LogP contribution in [0.5, 0.6) is 5.75 Å². The summed E-state index contributed by atoms with van der Waals surface area (Å²) >= 11 is 0. The smallest absolute Gasteiger partial charge is 0.359 e. The number of methoxy groups -OCH3 is 1. The summed E-state index contributed by atoms with van der Waals surface area (Å²) in [5.74, 6) is 5.96. The van der Waals surface area contributed by atoms with E-state index in [4.69, 9.17) is 4.74 Å². The molecule has 102 valence electrons. The Labute approximate surface area is 117 Å². The number of aryl methyl sites for hydroxylation is 1.